The maximum absolute atomic E-state index is 13.1. The fourth-order valence-corrected chi connectivity index (χ4v) is 4.54. The highest BCUT2D eigenvalue weighted by molar-refractivity contribution is 7.99. The van der Waals surface area contributed by atoms with Crippen LogP contribution in [0.25, 0.3) is 10.9 Å². The number of nitrogens with one attached hydrogen (secondary N) is 1. The Kier molecular flexibility index (Phi) is 4.33. The molecule has 1 N–H and O–H groups in total. The van der Waals surface area contributed by atoms with Crippen LogP contribution in [-0.2, 0) is 9.53 Å². The number of aromatic amines is 1. The van der Waals surface area contributed by atoms with Gasteiger partial charge >= 0.3 is 5.97 Å². The van der Waals surface area contributed by atoms with Gasteiger partial charge in [0.2, 0.25) is 0 Å². The molecule has 0 unspecified atom stereocenters. The average Bonchev–Trinajstić information content (AvgIpc) is 3.20. The van der Waals surface area contributed by atoms with Gasteiger partial charge in [0.25, 0.3) is 5.91 Å². The molecule has 0 bridgehead atoms. The summed E-state index contributed by atoms with van der Waals surface area (Å²) in [6.07, 6.45) is 1.61. The van der Waals surface area contributed by atoms with Gasteiger partial charge in [-0.05, 0) is 30.3 Å². The summed E-state index contributed by atoms with van der Waals surface area (Å²) < 4.78 is 5.38. The molecule has 6 heteroatoms. The Labute approximate surface area is 171 Å². The molecule has 0 atom stereocenters. The lowest BCUT2D eigenvalue weighted by atomic mass is 10.2. The third-order valence-electron chi connectivity index (χ3n) is 4.82. The van der Waals surface area contributed by atoms with Crippen LogP contribution in [0.15, 0.2) is 88.8 Å². The van der Waals surface area contributed by atoms with Crippen LogP contribution in [0.4, 0.5) is 11.4 Å². The summed E-state index contributed by atoms with van der Waals surface area (Å²) in [7, 11) is 0. The Balaban J connectivity index is 1.41. The number of amides is 1. The van der Waals surface area contributed by atoms with Crippen molar-refractivity contribution < 1.29 is 14.3 Å². The molecule has 0 radical (unpaired) electrons. The lowest BCUT2D eigenvalue weighted by Crippen LogP contribution is -2.32. The fraction of sp³-hybridized carbons (Fsp3) is 0.0435. The molecule has 0 saturated heterocycles. The Morgan fingerprint density at radius 1 is 0.862 bits per heavy atom. The number of benzene rings is 3. The molecular weight excluding hydrogens is 384 g/mol. The number of ether oxygens (including phenoxy) is 1. The van der Waals surface area contributed by atoms with Crippen molar-refractivity contribution in [2.24, 2.45) is 0 Å². The molecule has 1 aliphatic heterocycles. The summed E-state index contributed by atoms with van der Waals surface area (Å²) >= 11 is 1.62. The smallest absolute Gasteiger partial charge is 0.340 e. The van der Waals surface area contributed by atoms with Crippen molar-refractivity contribution in [3.05, 3.63) is 84.6 Å². The molecule has 29 heavy (non-hydrogen) atoms. The number of hydrogen-bond donors (Lipinski definition) is 1. The lowest BCUT2D eigenvalue weighted by Gasteiger charge is -2.30. The molecule has 0 aliphatic carbocycles. The number of hydrogen-bond acceptors (Lipinski definition) is 4. The molecule has 0 spiro atoms. The number of carbonyl (C=O) groups is 2. The summed E-state index contributed by atoms with van der Waals surface area (Å²) in [4.78, 5) is 32.3. The molecule has 4 aromatic rings. The van der Waals surface area contributed by atoms with Crippen LogP contribution in [0.3, 0.4) is 0 Å². The minimum absolute atomic E-state index is 0.293. The molecule has 5 rings (SSSR count). The number of carbonyl (C=O) groups excluding carboxylic acids is 2. The first-order valence-corrected chi connectivity index (χ1v) is 9.96. The Bertz CT molecular complexity index is 1200. The number of H-pyrrole nitrogens is 1. The second kappa shape index (κ2) is 7.14. The summed E-state index contributed by atoms with van der Waals surface area (Å²) in [5.74, 6) is -0.817. The lowest BCUT2D eigenvalue weighted by molar-refractivity contribution is -0.121. The SMILES string of the molecule is O=C(OCC(=O)N1c2ccccc2Sc2ccccc21)c1c[nH]c2ccccc12. The van der Waals surface area contributed by atoms with E-state index in [1.165, 1.54) is 0 Å². The number of anilines is 2. The van der Waals surface area contributed by atoms with Gasteiger partial charge in [-0.25, -0.2) is 4.79 Å². The molecule has 1 aliphatic rings. The van der Waals surface area contributed by atoms with E-state index in [0.29, 0.717) is 5.56 Å². The van der Waals surface area contributed by atoms with Crippen molar-refractivity contribution in [1.82, 2.24) is 4.98 Å². The van der Waals surface area contributed by atoms with Gasteiger partial charge in [0.1, 0.15) is 0 Å². The number of esters is 1. The molecule has 142 valence electrons. The van der Waals surface area contributed by atoms with Gasteiger partial charge in [-0.1, -0.05) is 54.2 Å². The van der Waals surface area contributed by atoms with Crippen LogP contribution >= 0.6 is 11.8 Å². The van der Waals surface area contributed by atoms with E-state index in [2.05, 4.69) is 4.98 Å². The first kappa shape index (κ1) is 17.6. The van der Waals surface area contributed by atoms with E-state index in [1.807, 2.05) is 72.8 Å². The summed E-state index contributed by atoms with van der Waals surface area (Å²) in [5, 5.41) is 0.773. The van der Waals surface area contributed by atoms with E-state index in [4.69, 9.17) is 4.74 Å². The Morgan fingerprint density at radius 2 is 1.48 bits per heavy atom. The van der Waals surface area contributed by atoms with Crippen molar-refractivity contribution in [2.45, 2.75) is 9.79 Å². The second-order valence-electron chi connectivity index (χ2n) is 6.59. The zero-order chi connectivity index (χ0) is 19.8. The minimum atomic E-state index is -0.524. The van der Waals surface area contributed by atoms with Crippen molar-refractivity contribution in [3.8, 4) is 0 Å². The van der Waals surface area contributed by atoms with E-state index in [1.54, 1.807) is 22.9 Å². The van der Waals surface area contributed by atoms with Crippen molar-refractivity contribution >= 4 is 45.9 Å². The van der Waals surface area contributed by atoms with Gasteiger partial charge in [-0.2, -0.15) is 0 Å². The van der Waals surface area contributed by atoms with Gasteiger partial charge < -0.3 is 9.72 Å². The quantitative estimate of drug-likeness (QED) is 0.483. The Morgan fingerprint density at radius 3 is 2.21 bits per heavy atom. The van der Waals surface area contributed by atoms with Gasteiger partial charge in [-0.15, -0.1) is 0 Å². The number of aromatic nitrogens is 1. The molecule has 1 aromatic heterocycles. The third kappa shape index (κ3) is 3.07. The van der Waals surface area contributed by atoms with Crippen LogP contribution in [0.2, 0.25) is 0 Å². The van der Waals surface area contributed by atoms with Gasteiger partial charge in [-0.3, -0.25) is 9.69 Å². The largest absolute Gasteiger partial charge is 0.452 e. The second-order valence-corrected chi connectivity index (χ2v) is 7.67. The average molecular weight is 400 g/mol. The first-order chi connectivity index (χ1) is 14.2. The number of fused-ring (bicyclic) bond motifs is 3. The maximum atomic E-state index is 13.1. The maximum Gasteiger partial charge on any atom is 0.340 e. The highest BCUT2D eigenvalue weighted by Crippen LogP contribution is 2.47. The van der Waals surface area contributed by atoms with Crippen molar-refractivity contribution in [1.29, 1.82) is 0 Å². The van der Waals surface area contributed by atoms with Gasteiger partial charge in [0.15, 0.2) is 6.61 Å². The highest BCUT2D eigenvalue weighted by atomic mass is 32.2. The molecule has 0 saturated carbocycles. The van der Waals surface area contributed by atoms with E-state index < -0.39 is 5.97 Å². The first-order valence-electron chi connectivity index (χ1n) is 9.14. The highest BCUT2D eigenvalue weighted by Gasteiger charge is 2.28. The molecule has 3 aromatic carbocycles. The third-order valence-corrected chi connectivity index (χ3v) is 5.95. The predicted molar refractivity (Wildman–Crippen MR) is 113 cm³/mol. The van der Waals surface area contributed by atoms with Crippen LogP contribution in [-0.4, -0.2) is 23.5 Å². The van der Waals surface area contributed by atoms with Crippen molar-refractivity contribution in [2.75, 3.05) is 11.5 Å². The molecular formula is C23H16N2O3S. The molecule has 5 nitrogen and oxygen atoms in total. The zero-order valence-electron chi connectivity index (χ0n) is 15.3. The van der Waals surface area contributed by atoms with E-state index in [-0.39, 0.29) is 12.5 Å². The number of rotatable bonds is 3. The van der Waals surface area contributed by atoms with E-state index >= 15 is 0 Å². The standard InChI is InChI=1S/C23H16N2O3S/c26-22(14-28-23(27)16-13-24-17-8-2-1-7-15(16)17)25-18-9-3-5-11-20(18)29-21-12-6-4-10-19(21)25/h1-13,24H,14H2. The van der Waals surface area contributed by atoms with Crippen LogP contribution in [0.1, 0.15) is 10.4 Å². The predicted octanol–water partition coefficient (Wildman–Crippen LogP) is 5.15. The van der Waals surface area contributed by atoms with Gasteiger partial charge in [0, 0.05) is 26.9 Å². The van der Waals surface area contributed by atoms with Crippen LogP contribution < -0.4 is 4.90 Å². The monoisotopic (exact) mass is 400 g/mol. The van der Waals surface area contributed by atoms with Crippen LogP contribution in [0.5, 0.6) is 0 Å². The van der Waals surface area contributed by atoms with Crippen molar-refractivity contribution in [3.63, 3.8) is 0 Å². The normalized spacial score (nSPS) is 12.3. The van der Waals surface area contributed by atoms with Crippen LogP contribution in [0, 0.1) is 0 Å². The summed E-state index contributed by atoms with van der Waals surface area (Å²) in [5.41, 5.74) is 2.86. The number of para-hydroxylation sites is 3. The summed E-state index contributed by atoms with van der Waals surface area (Å²) in [6.45, 7) is -0.342. The van der Waals surface area contributed by atoms with E-state index in [9.17, 15) is 9.59 Å². The minimum Gasteiger partial charge on any atom is -0.452 e. The summed E-state index contributed by atoms with van der Waals surface area (Å²) in [6, 6.07) is 22.9. The molecule has 2 heterocycles. The molecule has 1 amide bonds. The topological polar surface area (TPSA) is 62.4 Å². The van der Waals surface area contributed by atoms with Gasteiger partial charge in [0.05, 0.1) is 16.9 Å². The number of nitrogens with zero attached hydrogens (tertiary/aromatic N) is 1. The Hall–Kier alpha value is -3.51. The zero-order valence-corrected chi connectivity index (χ0v) is 16.1. The fourth-order valence-electron chi connectivity index (χ4n) is 3.48. The van der Waals surface area contributed by atoms with E-state index in [0.717, 1.165) is 32.1 Å². The molecule has 0 fully saturated rings.